The highest BCUT2D eigenvalue weighted by molar-refractivity contribution is 6.22. The third-order valence-corrected chi connectivity index (χ3v) is 7.14. The van der Waals surface area contributed by atoms with Crippen LogP contribution in [-0.2, 0) is 14.3 Å². The molecule has 0 unspecified atom stereocenters. The van der Waals surface area contributed by atoms with Crippen molar-refractivity contribution in [3.8, 4) is 0 Å². The zero-order chi connectivity index (χ0) is 25.8. The summed E-state index contributed by atoms with van der Waals surface area (Å²) in [4.78, 5) is 44.0. The molecule has 0 radical (unpaired) electrons. The lowest BCUT2D eigenvalue weighted by Crippen LogP contribution is -2.53. The highest BCUT2D eigenvalue weighted by atomic mass is 16.5. The average Bonchev–Trinajstić information content (AvgIpc) is 3.24. The summed E-state index contributed by atoms with van der Waals surface area (Å²) in [6.07, 6.45) is 0.166. The Hall–Kier alpha value is -3.81. The van der Waals surface area contributed by atoms with Gasteiger partial charge in [-0.15, -0.1) is 0 Å². The molecule has 2 amide bonds. The van der Waals surface area contributed by atoms with Crippen LogP contribution < -0.4 is 4.90 Å². The van der Waals surface area contributed by atoms with Gasteiger partial charge in [-0.3, -0.25) is 19.4 Å². The van der Waals surface area contributed by atoms with Crippen molar-refractivity contribution in [3.05, 3.63) is 102 Å². The van der Waals surface area contributed by atoms with Gasteiger partial charge in [-0.25, -0.2) is 9.69 Å². The minimum atomic E-state index is -0.466. The lowest BCUT2D eigenvalue weighted by Gasteiger charge is -2.41. The van der Waals surface area contributed by atoms with Crippen molar-refractivity contribution < 1.29 is 19.1 Å². The first-order valence-corrected chi connectivity index (χ1v) is 12.8. The number of anilines is 1. The van der Waals surface area contributed by atoms with Gasteiger partial charge in [-0.2, -0.15) is 0 Å². The molecule has 0 spiro atoms. The summed E-state index contributed by atoms with van der Waals surface area (Å²) in [5.41, 5.74) is 3.36. The number of hydrogen-bond acceptors (Lipinski definition) is 6. The molecule has 7 heteroatoms. The van der Waals surface area contributed by atoms with Gasteiger partial charge in [0.2, 0.25) is 5.91 Å². The summed E-state index contributed by atoms with van der Waals surface area (Å²) in [5.74, 6) is -0.842. The van der Waals surface area contributed by atoms with Gasteiger partial charge < -0.3 is 4.74 Å². The molecule has 5 rings (SSSR count). The van der Waals surface area contributed by atoms with E-state index in [1.54, 1.807) is 31.2 Å². The zero-order valence-corrected chi connectivity index (χ0v) is 21.0. The maximum atomic E-state index is 13.4. The van der Waals surface area contributed by atoms with E-state index in [-0.39, 0.29) is 30.9 Å². The summed E-state index contributed by atoms with van der Waals surface area (Å²) in [6, 6.07) is 27.1. The molecule has 1 atom stereocenters. The van der Waals surface area contributed by atoms with Gasteiger partial charge in [-0.1, -0.05) is 60.7 Å². The fourth-order valence-corrected chi connectivity index (χ4v) is 5.33. The molecule has 7 nitrogen and oxygen atoms in total. The molecule has 2 fully saturated rings. The van der Waals surface area contributed by atoms with Crippen molar-refractivity contribution in [1.29, 1.82) is 0 Å². The SMILES string of the molecule is CCOC(=O)c1ccc(N2C(=O)C[C@H](N3CCN(C(c4ccccc4)c4ccccc4)CC3)C2=O)cc1. The second kappa shape index (κ2) is 11.1. The molecule has 0 saturated carbocycles. The van der Waals surface area contributed by atoms with E-state index in [2.05, 4.69) is 58.3 Å². The minimum absolute atomic E-state index is 0.139. The van der Waals surface area contributed by atoms with Crippen LogP contribution in [-0.4, -0.2) is 66.4 Å². The van der Waals surface area contributed by atoms with E-state index in [1.165, 1.54) is 16.0 Å². The van der Waals surface area contributed by atoms with Gasteiger partial charge >= 0.3 is 5.97 Å². The molecule has 2 aliphatic heterocycles. The standard InChI is InChI=1S/C30H31N3O4/c1-2-37-30(36)24-13-15-25(16-14-24)33-27(34)21-26(29(33)35)31-17-19-32(20-18-31)28(22-9-5-3-6-10-22)23-11-7-4-8-12-23/h3-16,26,28H,2,17-21H2,1H3/t26-/m0/s1. The molecule has 3 aromatic carbocycles. The van der Waals surface area contributed by atoms with Crippen LogP contribution in [0.5, 0.6) is 0 Å². The predicted molar refractivity (Wildman–Crippen MR) is 141 cm³/mol. The average molecular weight is 498 g/mol. The Labute approximate surface area is 217 Å². The van der Waals surface area contributed by atoms with Crippen LogP contribution in [0, 0.1) is 0 Å². The van der Waals surface area contributed by atoms with E-state index in [0.717, 1.165) is 13.1 Å². The predicted octanol–water partition coefficient (Wildman–Crippen LogP) is 3.90. The molecule has 190 valence electrons. The zero-order valence-electron chi connectivity index (χ0n) is 21.0. The number of hydrogen-bond donors (Lipinski definition) is 0. The molecule has 37 heavy (non-hydrogen) atoms. The molecule has 2 aliphatic rings. The highest BCUT2D eigenvalue weighted by Gasteiger charge is 2.43. The fourth-order valence-electron chi connectivity index (χ4n) is 5.33. The van der Waals surface area contributed by atoms with Crippen LogP contribution >= 0.6 is 0 Å². The quantitative estimate of drug-likeness (QED) is 0.364. The number of ether oxygens (including phenoxy) is 1. The third kappa shape index (κ3) is 5.19. The second-order valence-corrected chi connectivity index (χ2v) is 9.35. The number of piperazine rings is 1. The molecule has 0 N–H and O–H groups in total. The monoisotopic (exact) mass is 497 g/mol. The summed E-state index contributed by atoms with van der Waals surface area (Å²) in [6.45, 7) is 5.03. The lowest BCUT2D eigenvalue weighted by molar-refractivity contribution is -0.123. The van der Waals surface area contributed by atoms with Gasteiger partial charge in [0.15, 0.2) is 0 Å². The van der Waals surface area contributed by atoms with E-state index in [4.69, 9.17) is 4.74 Å². The van der Waals surface area contributed by atoms with Crippen LogP contribution in [0.1, 0.15) is 40.9 Å². The molecule has 0 bridgehead atoms. The molecule has 2 saturated heterocycles. The van der Waals surface area contributed by atoms with Crippen molar-refractivity contribution in [3.63, 3.8) is 0 Å². The van der Waals surface area contributed by atoms with Gasteiger partial charge in [0, 0.05) is 26.2 Å². The van der Waals surface area contributed by atoms with Crippen LogP contribution in [0.15, 0.2) is 84.9 Å². The maximum absolute atomic E-state index is 13.4. The summed E-state index contributed by atoms with van der Waals surface area (Å²) in [7, 11) is 0. The van der Waals surface area contributed by atoms with Crippen LogP contribution in [0.3, 0.4) is 0 Å². The Morgan fingerprint density at radius 3 is 1.95 bits per heavy atom. The normalized spacial score (nSPS) is 19.0. The summed E-state index contributed by atoms with van der Waals surface area (Å²) in [5, 5.41) is 0. The maximum Gasteiger partial charge on any atom is 0.338 e. The number of imide groups is 1. The number of nitrogens with zero attached hydrogens (tertiary/aromatic N) is 3. The number of rotatable bonds is 7. The Kier molecular flexibility index (Phi) is 7.44. The molecular formula is C30H31N3O4. The first kappa shape index (κ1) is 24.9. The van der Waals surface area contributed by atoms with E-state index in [1.807, 2.05) is 12.1 Å². The first-order valence-electron chi connectivity index (χ1n) is 12.8. The fraction of sp³-hybridized carbons (Fsp3) is 0.300. The molecular weight excluding hydrogens is 466 g/mol. The first-order chi connectivity index (χ1) is 18.1. The van der Waals surface area contributed by atoms with Crippen LogP contribution in [0.2, 0.25) is 0 Å². The second-order valence-electron chi connectivity index (χ2n) is 9.35. The number of carbonyl (C=O) groups is 3. The topological polar surface area (TPSA) is 70.2 Å². The smallest absolute Gasteiger partial charge is 0.338 e. The van der Waals surface area contributed by atoms with E-state index in [9.17, 15) is 14.4 Å². The van der Waals surface area contributed by atoms with Gasteiger partial charge in [0.05, 0.1) is 36.4 Å². The van der Waals surface area contributed by atoms with Crippen molar-refractivity contribution in [2.45, 2.75) is 25.4 Å². The van der Waals surface area contributed by atoms with Crippen LogP contribution in [0.4, 0.5) is 5.69 Å². The molecule has 3 aromatic rings. The highest BCUT2D eigenvalue weighted by Crippen LogP contribution is 2.31. The number of esters is 1. The Morgan fingerprint density at radius 1 is 0.838 bits per heavy atom. The van der Waals surface area contributed by atoms with E-state index >= 15 is 0 Å². The largest absolute Gasteiger partial charge is 0.462 e. The summed E-state index contributed by atoms with van der Waals surface area (Å²) < 4.78 is 5.02. The van der Waals surface area contributed by atoms with Gasteiger partial charge in [0.1, 0.15) is 0 Å². The molecule has 0 aliphatic carbocycles. The number of amides is 2. The number of benzene rings is 3. The third-order valence-electron chi connectivity index (χ3n) is 7.14. The molecule has 2 heterocycles. The number of carbonyl (C=O) groups excluding carboxylic acids is 3. The molecule has 0 aromatic heterocycles. The Morgan fingerprint density at radius 2 is 1.41 bits per heavy atom. The Balaban J connectivity index is 1.27. The van der Waals surface area contributed by atoms with Crippen molar-refractivity contribution >= 4 is 23.5 Å². The van der Waals surface area contributed by atoms with Gasteiger partial charge in [-0.05, 0) is 42.3 Å². The van der Waals surface area contributed by atoms with E-state index < -0.39 is 12.0 Å². The van der Waals surface area contributed by atoms with Crippen molar-refractivity contribution in [1.82, 2.24) is 9.80 Å². The van der Waals surface area contributed by atoms with Crippen molar-refractivity contribution in [2.24, 2.45) is 0 Å². The Bertz CT molecular complexity index is 1200. The summed E-state index contributed by atoms with van der Waals surface area (Å²) >= 11 is 0. The lowest BCUT2D eigenvalue weighted by atomic mass is 9.96. The van der Waals surface area contributed by atoms with E-state index in [0.29, 0.717) is 24.3 Å². The van der Waals surface area contributed by atoms with Gasteiger partial charge in [0.25, 0.3) is 5.91 Å². The van der Waals surface area contributed by atoms with Crippen LogP contribution in [0.25, 0.3) is 0 Å². The minimum Gasteiger partial charge on any atom is -0.462 e. The van der Waals surface area contributed by atoms with Crippen molar-refractivity contribution in [2.75, 3.05) is 37.7 Å².